The minimum atomic E-state index is -3.71. The second kappa shape index (κ2) is 7.00. The van der Waals surface area contributed by atoms with Gasteiger partial charge in [-0.3, -0.25) is 9.59 Å². The first-order valence-electron chi connectivity index (χ1n) is 6.30. The van der Waals surface area contributed by atoms with Crippen molar-refractivity contribution in [1.29, 1.82) is 0 Å². The molecule has 0 aromatic carbocycles. The number of aliphatic carboxylic acids is 1. The molecule has 0 saturated carbocycles. The van der Waals surface area contributed by atoms with E-state index in [9.17, 15) is 18.0 Å². The first kappa shape index (κ1) is 16.9. The van der Waals surface area contributed by atoms with Crippen molar-refractivity contribution < 1.29 is 27.9 Å². The van der Waals surface area contributed by atoms with E-state index < -0.39 is 27.2 Å². The number of carbonyl (C=O) groups is 2. The van der Waals surface area contributed by atoms with Gasteiger partial charge in [0.25, 0.3) is 0 Å². The summed E-state index contributed by atoms with van der Waals surface area (Å²) in [6.45, 7) is 3.13. The number of sulfonamides is 1. The number of ether oxygens (including phenoxy) is 1. The molecular weight excluding hydrogens is 288 g/mol. The number of hydrogen-bond donors (Lipinski definition) is 1. The van der Waals surface area contributed by atoms with Crippen LogP contribution in [0.3, 0.4) is 0 Å². The fraction of sp³-hybridized carbons (Fsp3) is 0.818. The number of nitrogens with zero attached hydrogens (tertiary/aromatic N) is 2. The number of carboxylic acids is 1. The lowest BCUT2D eigenvalue weighted by Crippen LogP contribution is -2.52. The maximum atomic E-state index is 12.2. The number of methoxy groups -OCH3 is 1. The average Bonchev–Trinajstić information content (AvgIpc) is 2.43. The molecule has 0 radical (unpaired) electrons. The van der Waals surface area contributed by atoms with Gasteiger partial charge >= 0.3 is 11.9 Å². The van der Waals surface area contributed by atoms with Crippen LogP contribution in [0.1, 0.15) is 13.3 Å². The summed E-state index contributed by atoms with van der Waals surface area (Å²) in [7, 11) is -2.56. The smallest absolute Gasteiger partial charge is 0.325 e. The van der Waals surface area contributed by atoms with Gasteiger partial charge in [0, 0.05) is 32.7 Å². The zero-order chi connectivity index (χ0) is 15.3. The Hall–Kier alpha value is -1.19. The number of carboxylic acid groups (broad SMARTS) is 1. The molecule has 1 fully saturated rings. The van der Waals surface area contributed by atoms with Crippen LogP contribution in [0.2, 0.25) is 0 Å². The third-order valence-electron chi connectivity index (χ3n) is 3.31. The SMILES string of the molecule is COC(=O)C(C)S(=O)(=O)N1CCN(CCC(=O)O)CC1. The Balaban J connectivity index is 2.56. The second-order valence-corrected chi connectivity index (χ2v) is 6.85. The summed E-state index contributed by atoms with van der Waals surface area (Å²) >= 11 is 0. The fourth-order valence-corrected chi connectivity index (χ4v) is 3.43. The first-order valence-corrected chi connectivity index (χ1v) is 7.80. The summed E-state index contributed by atoms with van der Waals surface area (Å²) in [5, 5.41) is 7.38. The molecule has 0 aromatic rings. The summed E-state index contributed by atoms with van der Waals surface area (Å²) < 4.78 is 30.1. The fourth-order valence-electron chi connectivity index (χ4n) is 1.97. The molecule has 0 bridgehead atoms. The average molecular weight is 308 g/mol. The van der Waals surface area contributed by atoms with Gasteiger partial charge in [0.15, 0.2) is 5.25 Å². The zero-order valence-electron chi connectivity index (χ0n) is 11.6. The number of rotatable bonds is 6. The van der Waals surface area contributed by atoms with Crippen molar-refractivity contribution >= 4 is 22.0 Å². The van der Waals surface area contributed by atoms with Crippen LogP contribution in [0.5, 0.6) is 0 Å². The number of carbonyl (C=O) groups excluding carboxylic acids is 1. The Bertz CT molecular complexity index is 456. The third-order valence-corrected chi connectivity index (χ3v) is 5.48. The number of piperazine rings is 1. The Morgan fingerprint density at radius 3 is 2.25 bits per heavy atom. The van der Waals surface area contributed by atoms with Crippen LogP contribution in [0, 0.1) is 0 Å². The highest BCUT2D eigenvalue weighted by atomic mass is 32.2. The molecule has 0 aliphatic carbocycles. The molecule has 1 aliphatic heterocycles. The summed E-state index contributed by atoms with van der Waals surface area (Å²) in [6.07, 6.45) is 0.0330. The summed E-state index contributed by atoms with van der Waals surface area (Å²) in [4.78, 5) is 23.7. The van der Waals surface area contributed by atoms with Crippen LogP contribution in [0.25, 0.3) is 0 Å². The molecule has 0 amide bonds. The number of esters is 1. The maximum Gasteiger partial charge on any atom is 0.325 e. The highest BCUT2D eigenvalue weighted by molar-refractivity contribution is 7.90. The minimum Gasteiger partial charge on any atom is -0.481 e. The quantitative estimate of drug-likeness (QED) is 0.626. The Morgan fingerprint density at radius 1 is 1.25 bits per heavy atom. The van der Waals surface area contributed by atoms with Gasteiger partial charge in [-0.25, -0.2) is 8.42 Å². The van der Waals surface area contributed by atoms with Crippen molar-refractivity contribution in [2.24, 2.45) is 0 Å². The van der Waals surface area contributed by atoms with E-state index in [1.807, 2.05) is 4.90 Å². The number of hydrogen-bond acceptors (Lipinski definition) is 6. The van der Waals surface area contributed by atoms with Crippen LogP contribution >= 0.6 is 0 Å². The van der Waals surface area contributed by atoms with Crippen LogP contribution in [0.15, 0.2) is 0 Å². The van der Waals surface area contributed by atoms with E-state index in [4.69, 9.17) is 5.11 Å². The zero-order valence-corrected chi connectivity index (χ0v) is 12.4. The van der Waals surface area contributed by atoms with Crippen LogP contribution in [-0.2, 0) is 24.3 Å². The topological polar surface area (TPSA) is 104 Å². The lowest BCUT2D eigenvalue weighted by atomic mass is 10.3. The van der Waals surface area contributed by atoms with Crippen LogP contribution in [-0.4, -0.2) is 79.8 Å². The lowest BCUT2D eigenvalue weighted by molar-refractivity contribution is -0.140. The molecular formula is C11H20N2O6S. The largest absolute Gasteiger partial charge is 0.481 e. The van der Waals surface area contributed by atoms with Crippen molar-refractivity contribution in [2.45, 2.75) is 18.6 Å². The van der Waals surface area contributed by atoms with E-state index >= 15 is 0 Å². The molecule has 1 rings (SSSR count). The lowest BCUT2D eigenvalue weighted by Gasteiger charge is -2.34. The van der Waals surface area contributed by atoms with Gasteiger partial charge in [0.05, 0.1) is 13.5 Å². The van der Waals surface area contributed by atoms with Crippen molar-refractivity contribution in [1.82, 2.24) is 9.21 Å². The Morgan fingerprint density at radius 2 is 1.80 bits per heavy atom. The second-order valence-electron chi connectivity index (χ2n) is 4.59. The predicted molar refractivity (Wildman–Crippen MR) is 70.7 cm³/mol. The molecule has 1 atom stereocenters. The van der Waals surface area contributed by atoms with E-state index in [-0.39, 0.29) is 19.5 Å². The van der Waals surface area contributed by atoms with Crippen molar-refractivity contribution in [3.05, 3.63) is 0 Å². The molecule has 1 unspecified atom stereocenters. The molecule has 20 heavy (non-hydrogen) atoms. The predicted octanol–water partition coefficient (Wildman–Crippen LogP) is -1.03. The van der Waals surface area contributed by atoms with Crippen molar-refractivity contribution in [3.8, 4) is 0 Å². The minimum absolute atomic E-state index is 0.0330. The van der Waals surface area contributed by atoms with E-state index in [1.54, 1.807) is 0 Å². The van der Waals surface area contributed by atoms with E-state index in [0.717, 1.165) is 7.11 Å². The molecule has 8 nitrogen and oxygen atoms in total. The van der Waals surface area contributed by atoms with Gasteiger partial charge in [-0.1, -0.05) is 0 Å². The third kappa shape index (κ3) is 4.15. The first-order chi connectivity index (χ1) is 9.28. The highest BCUT2D eigenvalue weighted by Gasteiger charge is 2.36. The Kier molecular flexibility index (Phi) is 5.90. The summed E-state index contributed by atoms with van der Waals surface area (Å²) in [5.41, 5.74) is 0. The molecule has 1 aliphatic rings. The summed E-state index contributed by atoms with van der Waals surface area (Å²) in [5.74, 6) is -1.65. The normalized spacial score (nSPS) is 19.5. The molecule has 0 spiro atoms. The van der Waals surface area contributed by atoms with Gasteiger partial charge < -0.3 is 14.7 Å². The standard InChI is InChI=1S/C11H20N2O6S/c1-9(11(16)19-2)20(17,18)13-7-5-12(6-8-13)4-3-10(14)15/h9H,3-8H2,1-2H3,(H,14,15). The van der Waals surface area contributed by atoms with E-state index in [1.165, 1.54) is 11.2 Å². The van der Waals surface area contributed by atoms with Gasteiger partial charge in [-0.15, -0.1) is 0 Å². The van der Waals surface area contributed by atoms with Crippen molar-refractivity contribution in [3.63, 3.8) is 0 Å². The molecule has 0 aromatic heterocycles. The summed E-state index contributed by atoms with van der Waals surface area (Å²) in [6, 6.07) is 0. The van der Waals surface area contributed by atoms with E-state index in [2.05, 4.69) is 4.74 Å². The van der Waals surface area contributed by atoms with Gasteiger partial charge in [-0.2, -0.15) is 4.31 Å². The molecule has 1 heterocycles. The van der Waals surface area contributed by atoms with Crippen LogP contribution in [0.4, 0.5) is 0 Å². The molecule has 9 heteroatoms. The molecule has 1 saturated heterocycles. The van der Waals surface area contributed by atoms with Crippen LogP contribution < -0.4 is 0 Å². The molecule has 1 N–H and O–H groups in total. The van der Waals surface area contributed by atoms with E-state index in [0.29, 0.717) is 19.6 Å². The Labute approximate surface area is 118 Å². The molecule has 116 valence electrons. The van der Waals surface area contributed by atoms with Crippen molar-refractivity contribution in [2.75, 3.05) is 39.8 Å². The monoisotopic (exact) mass is 308 g/mol. The maximum absolute atomic E-state index is 12.2. The highest BCUT2D eigenvalue weighted by Crippen LogP contribution is 2.13. The van der Waals surface area contributed by atoms with Gasteiger partial charge in [0.1, 0.15) is 0 Å². The van der Waals surface area contributed by atoms with Gasteiger partial charge in [0.2, 0.25) is 10.0 Å². The van der Waals surface area contributed by atoms with Gasteiger partial charge in [-0.05, 0) is 6.92 Å².